The molecule has 5 heteroatoms. The Balaban J connectivity index is 1.95. The SMILES string of the molecule is Cc1cc2c(c(=O)[nH]1)C(=O)O/C2=C\c1cn(C)c2ccccc12. The van der Waals surface area contributed by atoms with Gasteiger partial charge in [0.1, 0.15) is 11.3 Å². The van der Waals surface area contributed by atoms with Gasteiger partial charge in [-0.1, -0.05) is 18.2 Å². The van der Waals surface area contributed by atoms with E-state index in [0.717, 1.165) is 16.5 Å². The Morgan fingerprint density at radius 2 is 2.00 bits per heavy atom. The number of esters is 1. The summed E-state index contributed by atoms with van der Waals surface area (Å²) < 4.78 is 7.34. The predicted molar refractivity (Wildman–Crippen MR) is 88.0 cm³/mol. The fourth-order valence-electron chi connectivity index (χ4n) is 3.03. The number of aromatic nitrogens is 2. The Hall–Kier alpha value is -3.08. The van der Waals surface area contributed by atoms with Gasteiger partial charge in [-0.25, -0.2) is 4.79 Å². The van der Waals surface area contributed by atoms with E-state index in [1.165, 1.54) is 0 Å². The van der Waals surface area contributed by atoms with Crippen molar-refractivity contribution in [2.24, 2.45) is 7.05 Å². The van der Waals surface area contributed by atoms with Gasteiger partial charge in [0.15, 0.2) is 0 Å². The Kier molecular flexibility index (Phi) is 2.78. The van der Waals surface area contributed by atoms with Crippen LogP contribution >= 0.6 is 0 Å². The molecule has 0 saturated heterocycles. The number of nitrogens with zero attached hydrogens (tertiary/aromatic N) is 1. The molecule has 0 fully saturated rings. The molecule has 4 rings (SSSR count). The maximum atomic E-state index is 12.0. The van der Waals surface area contributed by atoms with Crippen LogP contribution in [-0.2, 0) is 11.8 Å². The van der Waals surface area contributed by atoms with Crippen LogP contribution < -0.4 is 5.56 Å². The number of aromatic amines is 1. The van der Waals surface area contributed by atoms with Crippen LogP contribution in [0, 0.1) is 6.92 Å². The summed E-state index contributed by atoms with van der Waals surface area (Å²) in [4.78, 5) is 26.6. The molecule has 23 heavy (non-hydrogen) atoms. The number of pyridine rings is 1. The minimum Gasteiger partial charge on any atom is -0.422 e. The summed E-state index contributed by atoms with van der Waals surface area (Å²) in [5.41, 5.74) is 2.93. The molecule has 3 aromatic rings. The zero-order valence-corrected chi connectivity index (χ0v) is 12.7. The van der Waals surface area contributed by atoms with Crippen LogP contribution in [0.15, 0.2) is 41.3 Å². The molecule has 0 unspecified atom stereocenters. The number of aryl methyl sites for hydroxylation is 2. The van der Waals surface area contributed by atoms with E-state index in [1.54, 1.807) is 13.0 Å². The number of hydrogen-bond donors (Lipinski definition) is 1. The van der Waals surface area contributed by atoms with E-state index in [2.05, 4.69) is 4.98 Å². The molecule has 0 aliphatic carbocycles. The Morgan fingerprint density at radius 3 is 2.83 bits per heavy atom. The minimum atomic E-state index is -0.604. The van der Waals surface area contributed by atoms with E-state index >= 15 is 0 Å². The van der Waals surface area contributed by atoms with Gasteiger partial charge in [-0.15, -0.1) is 0 Å². The molecule has 0 saturated carbocycles. The molecule has 0 amide bonds. The number of carbonyl (C=O) groups excluding carboxylic acids is 1. The van der Waals surface area contributed by atoms with Gasteiger partial charge in [0.05, 0.1) is 0 Å². The van der Waals surface area contributed by atoms with E-state index in [0.29, 0.717) is 17.0 Å². The molecule has 1 aliphatic heterocycles. The lowest BCUT2D eigenvalue weighted by Crippen LogP contribution is -2.16. The number of ether oxygens (including phenoxy) is 1. The summed E-state index contributed by atoms with van der Waals surface area (Å²) in [5.74, 6) is -0.191. The first-order valence-corrected chi connectivity index (χ1v) is 7.27. The highest BCUT2D eigenvalue weighted by molar-refractivity contribution is 6.06. The summed E-state index contributed by atoms with van der Waals surface area (Å²) in [6.07, 6.45) is 3.79. The zero-order chi connectivity index (χ0) is 16.1. The third-order valence-corrected chi connectivity index (χ3v) is 4.05. The average molecular weight is 306 g/mol. The lowest BCUT2D eigenvalue weighted by atomic mass is 10.1. The van der Waals surface area contributed by atoms with Crippen molar-refractivity contribution in [3.63, 3.8) is 0 Å². The van der Waals surface area contributed by atoms with Gasteiger partial charge < -0.3 is 14.3 Å². The average Bonchev–Trinajstić information content (AvgIpc) is 2.98. The first kappa shape index (κ1) is 13.6. The summed E-state index contributed by atoms with van der Waals surface area (Å²) in [6, 6.07) is 9.75. The third kappa shape index (κ3) is 2.01. The van der Waals surface area contributed by atoms with Crippen LogP contribution in [-0.4, -0.2) is 15.5 Å². The van der Waals surface area contributed by atoms with Crippen LogP contribution in [0.4, 0.5) is 0 Å². The first-order valence-electron chi connectivity index (χ1n) is 7.27. The van der Waals surface area contributed by atoms with Crippen molar-refractivity contribution in [3.8, 4) is 0 Å². The molecule has 1 N–H and O–H groups in total. The Bertz CT molecular complexity index is 1050. The first-order chi connectivity index (χ1) is 11.0. The molecular weight excluding hydrogens is 292 g/mol. The fraction of sp³-hybridized carbons (Fsp3) is 0.111. The number of rotatable bonds is 1. The molecule has 2 aromatic heterocycles. The van der Waals surface area contributed by atoms with E-state index in [9.17, 15) is 9.59 Å². The quantitative estimate of drug-likeness (QED) is 0.703. The molecule has 1 aromatic carbocycles. The molecule has 0 radical (unpaired) electrons. The largest absolute Gasteiger partial charge is 0.422 e. The summed E-state index contributed by atoms with van der Waals surface area (Å²) in [5, 5.41) is 1.06. The van der Waals surface area contributed by atoms with Crippen molar-refractivity contribution < 1.29 is 9.53 Å². The number of benzene rings is 1. The Labute approximate surface area is 131 Å². The van der Waals surface area contributed by atoms with Crippen molar-refractivity contribution in [1.29, 1.82) is 0 Å². The second-order valence-electron chi connectivity index (χ2n) is 5.68. The smallest absolute Gasteiger partial charge is 0.349 e. The number of carbonyl (C=O) groups is 1. The maximum absolute atomic E-state index is 12.0. The molecule has 3 heterocycles. The van der Waals surface area contributed by atoms with Gasteiger partial charge in [-0.3, -0.25) is 4.79 Å². The highest BCUT2D eigenvalue weighted by Crippen LogP contribution is 2.31. The summed E-state index contributed by atoms with van der Waals surface area (Å²) in [6.45, 7) is 1.78. The number of fused-ring (bicyclic) bond motifs is 2. The van der Waals surface area contributed by atoms with Crippen LogP contribution in [0.2, 0.25) is 0 Å². The van der Waals surface area contributed by atoms with E-state index in [4.69, 9.17) is 4.74 Å². The zero-order valence-electron chi connectivity index (χ0n) is 12.7. The number of para-hydroxylation sites is 1. The molecule has 0 atom stereocenters. The lowest BCUT2D eigenvalue weighted by Gasteiger charge is -1.99. The third-order valence-electron chi connectivity index (χ3n) is 4.05. The highest BCUT2D eigenvalue weighted by Gasteiger charge is 2.30. The van der Waals surface area contributed by atoms with Gasteiger partial charge in [0.2, 0.25) is 0 Å². The van der Waals surface area contributed by atoms with Gasteiger partial charge in [0.25, 0.3) is 5.56 Å². The standard InChI is InChI=1S/C18H14N2O3/c1-10-7-13-15(23-18(22)16(13)17(21)19-10)8-11-9-20(2)14-6-4-3-5-12(11)14/h3-9H,1-2H3,(H,19,21)/b15-8-. The summed E-state index contributed by atoms with van der Waals surface area (Å²) in [7, 11) is 1.97. The molecule has 5 nitrogen and oxygen atoms in total. The van der Waals surface area contributed by atoms with Crippen LogP contribution in [0.25, 0.3) is 22.7 Å². The fourth-order valence-corrected chi connectivity index (χ4v) is 3.03. The van der Waals surface area contributed by atoms with Crippen molar-refractivity contribution >= 4 is 28.7 Å². The summed E-state index contributed by atoms with van der Waals surface area (Å²) >= 11 is 0. The van der Waals surface area contributed by atoms with E-state index in [-0.39, 0.29) is 5.56 Å². The highest BCUT2D eigenvalue weighted by atomic mass is 16.5. The van der Waals surface area contributed by atoms with Crippen molar-refractivity contribution in [2.45, 2.75) is 6.92 Å². The van der Waals surface area contributed by atoms with Crippen LogP contribution in [0.3, 0.4) is 0 Å². The second kappa shape index (κ2) is 4.71. The number of nitrogens with one attached hydrogen (secondary N) is 1. The molecular formula is C18H14N2O3. The van der Waals surface area contributed by atoms with Gasteiger partial charge in [-0.2, -0.15) is 0 Å². The minimum absolute atomic E-state index is 0.0714. The molecule has 0 bridgehead atoms. The number of hydrogen-bond acceptors (Lipinski definition) is 3. The monoisotopic (exact) mass is 306 g/mol. The number of H-pyrrole nitrogens is 1. The topological polar surface area (TPSA) is 64.1 Å². The normalized spacial score (nSPS) is 15.2. The van der Waals surface area contributed by atoms with Crippen molar-refractivity contribution in [2.75, 3.05) is 0 Å². The van der Waals surface area contributed by atoms with Gasteiger partial charge >= 0.3 is 5.97 Å². The number of cyclic esters (lactones) is 1. The van der Waals surface area contributed by atoms with Crippen molar-refractivity contribution in [1.82, 2.24) is 9.55 Å². The van der Waals surface area contributed by atoms with Gasteiger partial charge in [-0.05, 0) is 25.1 Å². The Morgan fingerprint density at radius 1 is 1.22 bits per heavy atom. The second-order valence-corrected chi connectivity index (χ2v) is 5.68. The van der Waals surface area contributed by atoms with E-state index in [1.807, 2.05) is 48.2 Å². The lowest BCUT2D eigenvalue weighted by molar-refractivity contribution is 0.0715. The molecule has 0 spiro atoms. The predicted octanol–water partition coefficient (Wildman–Crippen LogP) is 2.84. The maximum Gasteiger partial charge on any atom is 0.349 e. The molecule has 1 aliphatic rings. The molecule has 114 valence electrons. The van der Waals surface area contributed by atoms with Crippen LogP contribution in [0.5, 0.6) is 0 Å². The van der Waals surface area contributed by atoms with Crippen LogP contribution in [0.1, 0.15) is 27.2 Å². The van der Waals surface area contributed by atoms with Crippen molar-refractivity contribution in [3.05, 3.63) is 69.3 Å². The van der Waals surface area contributed by atoms with Gasteiger partial charge in [0, 0.05) is 41.0 Å². The van der Waals surface area contributed by atoms with E-state index < -0.39 is 11.5 Å².